The Hall–Kier alpha value is -1.43. The molecule has 3 nitrogen and oxygen atoms in total. The van der Waals surface area contributed by atoms with Crippen molar-refractivity contribution in [2.24, 2.45) is 5.92 Å². The highest BCUT2D eigenvalue weighted by Crippen LogP contribution is 2.24. The Balaban J connectivity index is 2.58. The Morgan fingerprint density at radius 1 is 1.21 bits per heavy atom. The monoisotopic (exact) mass is 277 g/mol. The molecule has 1 aromatic rings. The van der Waals surface area contributed by atoms with Gasteiger partial charge in [-0.25, -0.2) is 0 Å². The van der Waals surface area contributed by atoms with E-state index < -0.39 is 12.0 Å². The second-order valence-corrected chi connectivity index (χ2v) is 4.94. The van der Waals surface area contributed by atoms with E-state index in [1.807, 2.05) is 13.8 Å². The second kappa shape index (κ2) is 5.69. The molecule has 0 amide bonds. The molecule has 6 heteroatoms. The number of hydrogen-bond acceptors (Lipinski definition) is 3. The van der Waals surface area contributed by atoms with Gasteiger partial charge in [-0.2, -0.15) is 0 Å². The first-order valence-electron chi connectivity index (χ1n) is 5.92. The van der Waals surface area contributed by atoms with E-state index in [9.17, 15) is 18.3 Å². The van der Waals surface area contributed by atoms with Crippen LogP contribution in [0.15, 0.2) is 24.3 Å². The molecule has 1 rings (SSSR count). The summed E-state index contributed by atoms with van der Waals surface area (Å²) in [4.78, 5) is 0. The first-order chi connectivity index (χ1) is 8.60. The molecule has 1 aromatic carbocycles. The third-order valence-electron chi connectivity index (χ3n) is 2.98. The number of nitrogens with one attached hydrogen (secondary N) is 1. The molecule has 0 saturated carbocycles. The van der Waals surface area contributed by atoms with Crippen LogP contribution < -0.4 is 10.1 Å². The van der Waals surface area contributed by atoms with Crippen molar-refractivity contribution in [3.63, 3.8) is 0 Å². The van der Waals surface area contributed by atoms with E-state index in [0.29, 0.717) is 12.2 Å². The minimum absolute atomic E-state index is 0.0628. The predicted octanol–water partition coefficient (Wildman–Crippen LogP) is 3.40. The van der Waals surface area contributed by atoms with Crippen molar-refractivity contribution in [3.05, 3.63) is 24.3 Å². The molecular formula is C13H18F3NO2. The fourth-order valence-electron chi connectivity index (χ4n) is 1.26. The lowest BCUT2D eigenvalue weighted by molar-refractivity contribution is -0.274. The maximum Gasteiger partial charge on any atom is 0.573 e. The molecule has 0 heterocycles. The SMILES string of the molecule is CC(C)C(C)(O)CNc1ccc(OC(F)(F)F)cc1. The lowest BCUT2D eigenvalue weighted by Crippen LogP contribution is -2.38. The van der Waals surface area contributed by atoms with Crippen molar-refractivity contribution >= 4 is 5.69 Å². The molecule has 0 spiro atoms. The van der Waals surface area contributed by atoms with E-state index in [4.69, 9.17) is 0 Å². The molecule has 0 aliphatic rings. The van der Waals surface area contributed by atoms with Crippen LogP contribution in [0.5, 0.6) is 5.75 Å². The third kappa shape index (κ3) is 5.38. The quantitative estimate of drug-likeness (QED) is 0.866. The van der Waals surface area contributed by atoms with Crippen LogP contribution in [0, 0.1) is 5.92 Å². The van der Waals surface area contributed by atoms with Crippen LogP contribution in [0.25, 0.3) is 0 Å². The van der Waals surface area contributed by atoms with E-state index in [1.165, 1.54) is 24.3 Å². The molecule has 0 aliphatic heterocycles. The third-order valence-corrected chi connectivity index (χ3v) is 2.98. The molecule has 2 N–H and O–H groups in total. The fraction of sp³-hybridized carbons (Fsp3) is 0.538. The number of alkyl halides is 3. The molecule has 0 aromatic heterocycles. The summed E-state index contributed by atoms with van der Waals surface area (Å²) in [5.41, 5.74) is -0.267. The molecular weight excluding hydrogens is 259 g/mol. The molecule has 1 atom stereocenters. The van der Waals surface area contributed by atoms with Crippen LogP contribution >= 0.6 is 0 Å². The molecule has 0 aliphatic carbocycles. The smallest absolute Gasteiger partial charge is 0.406 e. The molecule has 0 saturated heterocycles. The molecule has 0 bridgehead atoms. The van der Waals surface area contributed by atoms with Gasteiger partial charge in [-0.15, -0.1) is 13.2 Å². The van der Waals surface area contributed by atoms with Crippen LogP contribution in [0.3, 0.4) is 0 Å². The van der Waals surface area contributed by atoms with Gasteiger partial charge in [0.25, 0.3) is 0 Å². The highest BCUT2D eigenvalue weighted by Gasteiger charge is 2.31. The minimum atomic E-state index is -4.68. The van der Waals surface area contributed by atoms with Crippen LogP contribution in [-0.2, 0) is 0 Å². The average molecular weight is 277 g/mol. The normalized spacial score (nSPS) is 15.2. The number of rotatable bonds is 5. The van der Waals surface area contributed by atoms with Gasteiger partial charge in [-0.05, 0) is 37.1 Å². The summed E-state index contributed by atoms with van der Waals surface area (Å²) >= 11 is 0. The van der Waals surface area contributed by atoms with Gasteiger partial charge >= 0.3 is 6.36 Å². The Labute approximate surface area is 110 Å². The van der Waals surface area contributed by atoms with E-state index in [1.54, 1.807) is 6.92 Å². The highest BCUT2D eigenvalue weighted by molar-refractivity contribution is 5.46. The van der Waals surface area contributed by atoms with Gasteiger partial charge in [0.15, 0.2) is 0 Å². The standard InChI is InChI=1S/C13H18F3NO2/c1-9(2)12(3,18)8-17-10-4-6-11(7-5-10)19-13(14,15)16/h4-7,9,17-18H,8H2,1-3H3. The predicted molar refractivity (Wildman–Crippen MR) is 67.1 cm³/mol. The van der Waals surface area contributed by atoms with Gasteiger partial charge in [0.05, 0.1) is 5.60 Å². The largest absolute Gasteiger partial charge is 0.573 e. The Bertz CT molecular complexity index is 399. The van der Waals surface area contributed by atoms with Crippen LogP contribution in [0.1, 0.15) is 20.8 Å². The molecule has 0 fully saturated rings. The maximum absolute atomic E-state index is 12.0. The Morgan fingerprint density at radius 3 is 2.16 bits per heavy atom. The van der Waals surface area contributed by atoms with Crippen molar-refractivity contribution in [2.75, 3.05) is 11.9 Å². The van der Waals surface area contributed by atoms with E-state index in [-0.39, 0.29) is 11.7 Å². The summed E-state index contributed by atoms with van der Waals surface area (Å²) in [7, 11) is 0. The fourth-order valence-corrected chi connectivity index (χ4v) is 1.26. The molecule has 19 heavy (non-hydrogen) atoms. The van der Waals surface area contributed by atoms with Crippen molar-refractivity contribution in [3.8, 4) is 5.75 Å². The van der Waals surface area contributed by atoms with Crippen molar-refractivity contribution in [2.45, 2.75) is 32.7 Å². The number of ether oxygens (including phenoxy) is 1. The van der Waals surface area contributed by atoms with Gasteiger partial charge in [0.1, 0.15) is 5.75 Å². The van der Waals surface area contributed by atoms with Crippen LogP contribution in [0.4, 0.5) is 18.9 Å². The number of halogens is 3. The molecule has 0 radical (unpaired) electrons. The molecule has 1 unspecified atom stereocenters. The minimum Gasteiger partial charge on any atom is -0.406 e. The zero-order valence-corrected chi connectivity index (χ0v) is 11.1. The van der Waals surface area contributed by atoms with Gasteiger partial charge in [-0.3, -0.25) is 0 Å². The summed E-state index contributed by atoms with van der Waals surface area (Å²) in [5, 5.41) is 13.0. The summed E-state index contributed by atoms with van der Waals surface area (Å²) in [6.07, 6.45) is -4.68. The number of hydrogen-bond donors (Lipinski definition) is 2. The summed E-state index contributed by atoms with van der Waals surface area (Å²) < 4.78 is 39.7. The second-order valence-electron chi connectivity index (χ2n) is 4.94. The first kappa shape index (κ1) is 15.6. The Kier molecular flexibility index (Phi) is 4.68. The van der Waals surface area contributed by atoms with Crippen LogP contribution in [0.2, 0.25) is 0 Å². The van der Waals surface area contributed by atoms with Crippen molar-refractivity contribution in [1.82, 2.24) is 0 Å². The average Bonchev–Trinajstić information content (AvgIpc) is 2.26. The number of anilines is 1. The van der Waals surface area contributed by atoms with Crippen LogP contribution in [-0.4, -0.2) is 23.6 Å². The van der Waals surface area contributed by atoms with Gasteiger partial charge in [0.2, 0.25) is 0 Å². The lowest BCUT2D eigenvalue weighted by atomic mass is 9.92. The Morgan fingerprint density at radius 2 is 1.74 bits per heavy atom. The topological polar surface area (TPSA) is 41.5 Å². The van der Waals surface area contributed by atoms with Crippen molar-refractivity contribution in [1.29, 1.82) is 0 Å². The summed E-state index contributed by atoms with van der Waals surface area (Å²) in [6, 6.07) is 5.38. The van der Waals surface area contributed by atoms with Gasteiger partial charge in [0, 0.05) is 12.2 Å². The highest BCUT2D eigenvalue weighted by atomic mass is 19.4. The zero-order chi connectivity index (χ0) is 14.7. The summed E-state index contributed by atoms with van der Waals surface area (Å²) in [6.45, 7) is 5.79. The zero-order valence-electron chi connectivity index (χ0n) is 11.1. The van der Waals surface area contributed by atoms with Crippen molar-refractivity contribution < 1.29 is 23.0 Å². The lowest BCUT2D eigenvalue weighted by Gasteiger charge is -2.28. The van der Waals surface area contributed by atoms with E-state index >= 15 is 0 Å². The maximum atomic E-state index is 12.0. The first-order valence-corrected chi connectivity index (χ1v) is 5.92. The number of benzene rings is 1. The summed E-state index contributed by atoms with van der Waals surface area (Å²) in [5.74, 6) is -0.207. The number of aliphatic hydroxyl groups is 1. The molecule has 108 valence electrons. The van der Waals surface area contributed by atoms with E-state index in [0.717, 1.165) is 0 Å². The van der Waals surface area contributed by atoms with E-state index in [2.05, 4.69) is 10.1 Å². The van der Waals surface area contributed by atoms with Gasteiger partial charge in [-0.1, -0.05) is 13.8 Å². The van der Waals surface area contributed by atoms with Gasteiger partial charge < -0.3 is 15.2 Å².